The number of anilines is 1. The summed E-state index contributed by atoms with van der Waals surface area (Å²) in [7, 11) is 0. The molecule has 154 valence electrons. The molecule has 10 heteroatoms. The third-order valence-electron chi connectivity index (χ3n) is 4.07. The third-order valence-corrected chi connectivity index (χ3v) is 4.07. The molecule has 29 heavy (non-hydrogen) atoms. The van der Waals surface area contributed by atoms with Crippen molar-refractivity contribution in [1.29, 1.82) is 0 Å². The molecule has 0 spiro atoms. The minimum atomic E-state index is -4.21. The van der Waals surface area contributed by atoms with Crippen LogP contribution in [-0.2, 0) is 17.8 Å². The first-order valence-electron chi connectivity index (χ1n) is 8.68. The van der Waals surface area contributed by atoms with Gasteiger partial charge in [-0.05, 0) is 30.2 Å². The maximum atomic E-state index is 12.9. The predicted molar refractivity (Wildman–Crippen MR) is 96.2 cm³/mol. The number of carbonyl (C=O) groups is 1. The number of aromatic nitrogens is 2. The fourth-order valence-corrected chi connectivity index (χ4v) is 2.57. The Balaban J connectivity index is 1.66. The van der Waals surface area contributed by atoms with E-state index < -0.39 is 24.9 Å². The molecule has 2 aromatic heterocycles. The summed E-state index contributed by atoms with van der Waals surface area (Å²) in [6, 6.07) is 7.86. The molecule has 0 atom stereocenters. The normalized spacial score (nSPS) is 11.9. The van der Waals surface area contributed by atoms with Crippen LogP contribution >= 0.6 is 0 Å². The molecule has 3 rings (SSSR count). The summed E-state index contributed by atoms with van der Waals surface area (Å²) in [6.45, 7) is 0.195. The summed E-state index contributed by atoms with van der Waals surface area (Å²) in [4.78, 5) is 16.6. The van der Waals surface area contributed by atoms with Crippen LogP contribution in [0.2, 0.25) is 0 Å². The molecule has 0 unspecified atom stereocenters. The molecule has 0 saturated heterocycles. The first kappa shape index (κ1) is 20.7. The van der Waals surface area contributed by atoms with Crippen molar-refractivity contribution >= 4 is 22.7 Å². The van der Waals surface area contributed by atoms with E-state index in [1.165, 1.54) is 12.3 Å². The number of pyridine rings is 1. The van der Waals surface area contributed by atoms with E-state index in [4.69, 9.17) is 4.52 Å². The zero-order valence-corrected chi connectivity index (χ0v) is 15.3. The Morgan fingerprint density at radius 3 is 2.83 bits per heavy atom. The number of ether oxygens (including phenoxy) is 1. The summed E-state index contributed by atoms with van der Waals surface area (Å²) in [5.41, 5.74) is 2.13. The standard InChI is InChI=1S/C19H17F4N3O3/c1-2-15-14-7-12(8-24-17(14)29-26-15)16(27)25-13-5-3-4-11(6-13)9-28-10-19(22,23)18(20)21/h3-8,18H,2,9-10H2,1H3,(H,25,27). The van der Waals surface area contributed by atoms with Crippen LogP contribution in [0.25, 0.3) is 11.1 Å². The minimum absolute atomic E-state index is 0.286. The monoisotopic (exact) mass is 411 g/mol. The Labute approximate surface area is 162 Å². The number of nitrogens with one attached hydrogen (secondary N) is 1. The van der Waals surface area contributed by atoms with Gasteiger partial charge in [0.05, 0.1) is 23.3 Å². The van der Waals surface area contributed by atoms with Gasteiger partial charge in [0.25, 0.3) is 11.6 Å². The predicted octanol–water partition coefficient (Wildman–Crippen LogP) is 4.45. The fraction of sp³-hybridized carbons (Fsp3) is 0.316. The lowest BCUT2D eigenvalue weighted by Crippen LogP contribution is -2.32. The highest BCUT2D eigenvalue weighted by atomic mass is 19.3. The first-order chi connectivity index (χ1) is 13.8. The van der Waals surface area contributed by atoms with Gasteiger partial charge in [-0.3, -0.25) is 4.79 Å². The lowest BCUT2D eigenvalue weighted by Gasteiger charge is -2.15. The number of alkyl halides is 4. The highest BCUT2D eigenvalue weighted by Crippen LogP contribution is 2.24. The number of hydrogen-bond donors (Lipinski definition) is 1. The van der Waals surface area contributed by atoms with E-state index in [1.54, 1.807) is 24.3 Å². The number of benzene rings is 1. The Hall–Kier alpha value is -3.01. The molecule has 0 aliphatic heterocycles. The molecule has 3 aromatic rings. The van der Waals surface area contributed by atoms with Crippen LogP contribution in [0.1, 0.15) is 28.5 Å². The molecular weight excluding hydrogens is 394 g/mol. The second-order valence-electron chi connectivity index (χ2n) is 6.27. The van der Waals surface area contributed by atoms with Crippen molar-refractivity contribution in [1.82, 2.24) is 10.1 Å². The van der Waals surface area contributed by atoms with E-state index in [9.17, 15) is 22.4 Å². The topological polar surface area (TPSA) is 77.2 Å². The Bertz CT molecular complexity index is 1010. The molecule has 0 bridgehead atoms. The Morgan fingerprint density at radius 2 is 2.10 bits per heavy atom. The molecule has 0 aliphatic rings. The number of nitrogens with zero attached hydrogens (tertiary/aromatic N) is 2. The zero-order valence-electron chi connectivity index (χ0n) is 15.3. The van der Waals surface area contributed by atoms with Crippen molar-refractivity contribution in [2.75, 3.05) is 11.9 Å². The highest BCUT2D eigenvalue weighted by Gasteiger charge is 2.40. The highest BCUT2D eigenvalue weighted by molar-refractivity contribution is 6.05. The molecule has 0 radical (unpaired) electrons. The van der Waals surface area contributed by atoms with E-state index in [1.807, 2.05) is 6.92 Å². The third kappa shape index (κ3) is 4.89. The van der Waals surface area contributed by atoms with Gasteiger partial charge in [-0.1, -0.05) is 24.2 Å². The lowest BCUT2D eigenvalue weighted by atomic mass is 10.1. The van der Waals surface area contributed by atoms with Crippen molar-refractivity contribution < 1.29 is 31.6 Å². The molecule has 2 heterocycles. The summed E-state index contributed by atoms with van der Waals surface area (Å²) in [6.07, 6.45) is -1.83. The number of hydrogen-bond acceptors (Lipinski definition) is 5. The SMILES string of the molecule is CCc1noc2ncc(C(=O)Nc3cccc(COCC(F)(F)C(F)F)c3)cc12. The molecule has 1 amide bonds. The summed E-state index contributed by atoms with van der Waals surface area (Å²) in [5.74, 6) is -4.65. The quantitative estimate of drug-likeness (QED) is 0.554. The molecule has 1 N–H and O–H groups in total. The van der Waals surface area contributed by atoms with Gasteiger partial charge < -0.3 is 14.6 Å². The molecule has 0 aliphatic carbocycles. The maximum Gasteiger partial charge on any atom is 0.330 e. The van der Waals surface area contributed by atoms with E-state index in [-0.39, 0.29) is 12.2 Å². The number of fused-ring (bicyclic) bond motifs is 1. The number of rotatable bonds is 8. The fourth-order valence-electron chi connectivity index (χ4n) is 2.57. The average molecular weight is 411 g/mol. The second-order valence-corrected chi connectivity index (χ2v) is 6.27. The van der Waals surface area contributed by atoms with Crippen LogP contribution < -0.4 is 5.32 Å². The van der Waals surface area contributed by atoms with E-state index >= 15 is 0 Å². The Morgan fingerprint density at radius 1 is 1.31 bits per heavy atom. The van der Waals surface area contributed by atoms with E-state index in [0.29, 0.717) is 34.5 Å². The van der Waals surface area contributed by atoms with Crippen LogP contribution in [0.15, 0.2) is 41.1 Å². The van der Waals surface area contributed by atoms with Gasteiger partial charge >= 0.3 is 12.3 Å². The summed E-state index contributed by atoms with van der Waals surface area (Å²) < 4.78 is 59.8. The molecule has 0 saturated carbocycles. The lowest BCUT2D eigenvalue weighted by molar-refractivity contribution is -0.168. The van der Waals surface area contributed by atoms with Crippen molar-refractivity contribution in [3.05, 3.63) is 53.3 Å². The van der Waals surface area contributed by atoms with Crippen LogP contribution in [-0.4, -0.2) is 35.0 Å². The van der Waals surface area contributed by atoms with Crippen LogP contribution in [0.3, 0.4) is 0 Å². The first-order valence-corrected chi connectivity index (χ1v) is 8.68. The van der Waals surface area contributed by atoms with Crippen molar-refractivity contribution in [3.8, 4) is 0 Å². The maximum absolute atomic E-state index is 12.9. The number of amides is 1. The zero-order chi connectivity index (χ0) is 21.0. The molecule has 1 aromatic carbocycles. The molecule has 6 nitrogen and oxygen atoms in total. The largest absolute Gasteiger partial charge is 0.370 e. The molecule has 0 fully saturated rings. The average Bonchev–Trinajstić information content (AvgIpc) is 3.10. The van der Waals surface area contributed by atoms with Gasteiger partial charge in [-0.15, -0.1) is 0 Å². The van der Waals surface area contributed by atoms with Crippen molar-refractivity contribution in [3.63, 3.8) is 0 Å². The van der Waals surface area contributed by atoms with Crippen LogP contribution in [0.5, 0.6) is 0 Å². The van der Waals surface area contributed by atoms with Gasteiger partial charge in [0, 0.05) is 11.9 Å². The van der Waals surface area contributed by atoms with Gasteiger partial charge in [-0.25, -0.2) is 13.8 Å². The van der Waals surface area contributed by atoms with Crippen LogP contribution in [0.4, 0.5) is 23.2 Å². The van der Waals surface area contributed by atoms with Gasteiger partial charge in [0.2, 0.25) is 0 Å². The summed E-state index contributed by atoms with van der Waals surface area (Å²) in [5, 5.41) is 7.19. The van der Waals surface area contributed by atoms with E-state index in [0.717, 1.165) is 0 Å². The van der Waals surface area contributed by atoms with Gasteiger partial charge in [0.1, 0.15) is 6.61 Å². The smallest absolute Gasteiger partial charge is 0.330 e. The van der Waals surface area contributed by atoms with Gasteiger partial charge in [-0.2, -0.15) is 8.78 Å². The second kappa shape index (κ2) is 8.56. The van der Waals surface area contributed by atoms with Crippen molar-refractivity contribution in [2.24, 2.45) is 0 Å². The minimum Gasteiger partial charge on any atom is -0.370 e. The van der Waals surface area contributed by atoms with Gasteiger partial charge in [0.15, 0.2) is 0 Å². The van der Waals surface area contributed by atoms with Crippen LogP contribution in [0, 0.1) is 0 Å². The number of halogens is 4. The summed E-state index contributed by atoms with van der Waals surface area (Å²) >= 11 is 0. The van der Waals surface area contributed by atoms with E-state index in [2.05, 4.69) is 20.2 Å². The Kier molecular flexibility index (Phi) is 6.12. The number of aryl methyl sites for hydroxylation is 1. The number of carbonyl (C=O) groups excluding carboxylic acids is 1. The van der Waals surface area contributed by atoms with Crippen molar-refractivity contribution in [2.45, 2.75) is 32.3 Å². The molecular formula is C19H17F4N3O3.